The lowest BCUT2D eigenvalue weighted by molar-refractivity contribution is 0.823. The average molecular weight is 78.1 g/mol. The first kappa shape index (κ1) is 29.2. The molecule has 32 valence electrons. The van der Waals surface area contributed by atoms with E-state index in [-0.39, 0.29) is 11.0 Å². The van der Waals surface area contributed by atoms with Crippen molar-refractivity contribution in [2.75, 3.05) is 0 Å². The Morgan fingerprint density at radius 1 is 1.00 bits per heavy atom. The molecule has 0 saturated heterocycles. The zero-order chi connectivity index (χ0) is 2.71. The molecule has 0 aromatic carbocycles. The largest absolute Gasteiger partial charge is 0.412 e. The Bertz CT molecular complexity index is 25.9. The van der Waals surface area contributed by atoms with Gasteiger partial charge >= 0.3 is 0 Å². The smallest absolute Gasteiger partial charge is 0.255 e. The van der Waals surface area contributed by atoms with Crippen LogP contribution in [0, 0.1) is 0 Å². The van der Waals surface area contributed by atoms with Crippen molar-refractivity contribution in [1.82, 2.24) is 0 Å². The topological polar surface area (TPSA) is 122 Å². The maximum Gasteiger partial charge on any atom is -0.255 e. The van der Waals surface area contributed by atoms with Crippen LogP contribution in [0.25, 0.3) is 16.0 Å². The van der Waals surface area contributed by atoms with Crippen molar-refractivity contribution in [2.45, 2.75) is 0 Å². The minimum absolute atomic E-state index is 0. The molecule has 0 aromatic rings. The van der Waals surface area contributed by atoms with E-state index in [2.05, 4.69) is 0 Å². The van der Waals surface area contributed by atoms with Gasteiger partial charge in [0.15, 0.2) is 0 Å². The second-order valence-corrected chi connectivity index (χ2v) is 0.0894. The molecule has 0 aliphatic carbocycles. The Kier molecular flexibility index (Phi) is 1770. The van der Waals surface area contributed by atoms with E-state index in [0.29, 0.717) is 0 Å². The summed E-state index contributed by atoms with van der Waals surface area (Å²) < 4.78 is 0. The molecule has 0 spiro atoms. The minimum Gasteiger partial charge on any atom is -0.412 e. The SMILES string of the molecule is O.O.[N-]=[N+]=[N-]. The summed E-state index contributed by atoms with van der Waals surface area (Å²) in [4.78, 5) is 1.50. The molecule has 0 aliphatic heterocycles. The standard InChI is InChI=1S/N3.2H2O/c1-3-2;;/h;2*1H2/q-1;;. The molecule has 5 heavy (non-hydrogen) atoms. The molecule has 4 N–H and O–H groups in total. The normalized spacial score (nSPS) is 1.60. The summed E-state index contributed by atoms with van der Waals surface area (Å²) in [5, 5.41) is 0. The van der Waals surface area contributed by atoms with E-state index in [1.807, 2.05) is 0 Å². The van der Waals surface area contributed by atoms with Gasteiger partial charge in [0.2, 0.25) is 0 Å². The Morgan fingerprint density at radius 2 is 1.00 bits per heavy atom. The summed E-state index contributed by atoms with van der Waals surface area (Å²) in [6.07, 6.45) is 0. The van der Waals surface area contributed by atoms with Gasteiger partial charge in [0, 0.05) is 0 Å². The lowest BCUT2D eigenvalue weighted by atomic mass is 13.0. The monoisotopic (exact) mass is 78.0 g/mol. The molecular weight excluding hydrogens is 74.0 g/mol. The van der Waals surface area contributed by atoms with Gasteiger partial charge in [-0.15, -0.1) is 0 Å². The molecule has 0 amide bonds. The van der Waals surface area contributed by atoms with Gasteiger partial charge in [-0.2, -0.15) is 0 Å². The fraction of sp³-hybridized carbons (Fsp3) is 0. The minimum atomic E-state index is 0. The summed E-state index contributed by atoms with van der Waals surface area (Å²) in [5.74, 6) is 0. The molecule has 0 atom stereocenters. The van der Waals surface area contributed by atoms with Crippen LogP contribution in [0.4, 0.5) is 0 Å². The zero-order valence-electron chi connectivity index (χ0n) is 2.34. The highest BCUT2D eigenvalue weighted by molar-refractivity contribution is 4.36. The highest BCUT2D eigenvalue weighted by atomic mass is 16.0. The van der Waals surface area contributed by atoms with Crippen molar-refractivity contribution >= 4 is 0 Å². The van der Waals surface area contributed by atoms with E-state index in [4.69, 9.17) is 11.1 Å². The second kappa shape index (κ2) is 304. The molecule has 0 unspecified atom stereocenters. The van der Waals surface area contributed by atoms with Crippen molar-refractivity contribution in [3.8, 4) is 0 Å². The molecule has 5 nitrogen and oxygen atoms in total. The third-order valence-electron chi connectivity index (χ3n) is 0. The predicted molar refractivity (Wildman–Crippen MR) is 17.3 cm³/mol. The van der Waals surface area contributed by atoms with E-state index in [1.165, 1.54) is 4.91 Å². The lowest BCUT2D eigenvalue weighted by Crippen LogP contribution is -0.711. The van der Waals surface area contributed by atoms with Crippen LogP contribution in [0.1, 0.15) is 0 Å². The molecule has 0 rings (SSSR count). The van der Waals surface area contributed by atoms with Crippen LogP contribution in [0.5, 0.6) is 0 Å². The van der Waals surface area contributed by atoms with Gasteiger partial charge in [0.05, 0.1) is 0 Å². The number of rotatable bonds is 0. The summed E-state index contributed by atoms with van der Waals surface area (Å²) in [6.45, 7) is 0. The van der Waals surface area contributed by atoms with E-state index in [0.717, 1.165) is 0 Å². The fourth-order valence-corrected chi connectivity index (χ4v) is 0. The molecule has 0 bridgehead atoms. The van der Waals surface area contributed by atoms with E-state index >= 15 is 0 Å². The van der Waals surface area contributed by atoms with Crippen LogP contribution < -0.4 is 0 Å². The number of hydrogen-bond donors (Lipinski definition) is 0. The van der Waals surface area contributed by atoms with Crippen LogP contribution in [-0.4, -0.2) is 11.0 Å². The van der Waals surface area contributed by atoms with Gasteiger partial charge < -0.3 is 22.0 Å². The average Bonchev–Trinajstić information content (AvgIpc) is 0.918. The van der Waals surface area contributed by atoms with Crippen molar-refractivity contribution in [3.63, 3.8) is 0 Å². The Hall–Kier alpha value is -0.770. The van der Waals surface area contributed by atoms with Gasteiger partial charge in [0.1, 0.15) is 0 Å². The molecule has 0 radical (unpaired) electrons. The molecule has 0 fully saturated rings. The lowest BCUT2D eigenvalue weighted by Gasteiger charge is -1.31. The van der Waals surface area contributed by atoms with Crippen molar-refractivity contribution in [2.24, 2.45) is 0 Å². The first-order valence-corrected chi connectivity index (χ1v) is 0.400. The van der Waals surface area contributed by atoms with Crippen molar-refractivity contribution in [3.05, 3.63) is 16.0 Å². The van der Waals surface area contributed by atoms with Crippen LogP contribution in [0.15, 0.2) is 0 Å². The van der Waals surface area contributed by atoms with Gasteiger partial charge in [-0.3, -0.25) is 4.91 Å². The van der Waals surface area contributed by atoms with Gasteiger partial charge in [-0.05, 0) is 0 Å². The first-order chi connectivity index (χ1) is 1.41. The molecule has 0 aliphatic rings. The Balaban J connectivity index is -0.0000000200. The van der Waals surface area contributed by atoms with E-state index in [9.17, 15) is 0 Å². The van der Waals surface area contributed by atoms with Gasteiger partial charge in [-0.1, -0.05) is 0 Å². The quantitative estimate of drug-likeness (QED) is 0.205. The maximum absolute atomic E-state index is 6.75. The van der Waals surface area contributed by atoms with Crippen molar-refractivity contribution in [1.29, 1.82) is 0 Å². The van der Waals surface area contributed by atoms with Crippen LogP contribution in [-0.2, 0) is 0 Å². The Morgan fingerprint density at radius 3 is 1.00 bits per heavy atom. The maximum atomic E-state index is 6.75. The highest BCUT2D eigenvalue weighted by Gasteiger charge is 0.689. The summed E-state index contributed by atoms with van der Waals surface area (Å²) >= 11 is 0. The first-order valence-electron chi connectivity index (χ1n) is 0.400. The summed E-state index contributed by atoms with van der Waals surface area (Å²) in [7, 11) is 0. The van der Waals surface area contributed by atoms with Gasteiger partial charge in [-0.25, -0.2) is 0 Å². The van der Waals surface area contributed by atoms with E-state index < -0.39 is 0 Å². The summed E-state index contributed by atoms with van der Waals surface area (Å²) in [6, 6.07) is 0. The zero-order valence-corrected chi connectivity index (χ0v) is 2.34. The van der Waals surface area contributed by atoms with Gasteiger partial charge in [0.25, 0.3) is 0 Å². The van der Waals surface area contributed by atoms with E-state index in [1.54, 1.807) is 0 Å². The number of nitrogens with zero attached hydrogens (tertiary/aromatic N) is 3. The fourth-order valence-electron chi connectivity index (χ4n) is 0. The van der Waals surface area contributed by atoms with Crippen LogP contribution in [0.3, 0.4) is 0 Å². The highest BCUT2D eigenvalue weighted by Crippen LogP contribution is 1.29. The number of hydrogen-bond acceptors (Lipinski definition) is 0. The molecule has 5 heteroatoms. The molecular formula is H4N3O2-. The molecule has 0 heterocycles. The third kappa shape index (κ3) is 8.24. The second-order valence-electron chi connectivity index (χ2n) is 0.0894. The summed E-state index contributed by atoms with van der Waals surface area (Å²) in [5.41, 5.74) is 13.5. The van der Waals surface area contributed by atoms with Crippen LogP contribution >= 0.6 is 0 Å². The third-order valence-corrected chi connectivity index (χ3v) is 0. The predicted octanol–water partition coefficient (Wildman–Crippen LogP) is -0.783. The Labute approximate surface area is 28.3 Å². The van der Waals surface area contributed by atoms with Crippen LogP contribution in [0.2, 0.25) is 0 Å². The molecule has 0 aromatic heterocycles. The van der Waals surface area contributed by atoms with Crippen molar-refractivity contribution < 1.29 is 11.0 Å². The molecule has 0 saturated carbocycles.